The van der Waals surface area contributed by atoms with E-state index in [-0.39, 0.29) is 18.3 Å². The Hall–Kier alpha value is -1.93. The van der Waals surface area contributed by atoms with Crippen LogP contribution in [0.5, 0.6) is 0 Å². The summed E-state index contributed by atoms with van der Waals surface area (Å²) in [6.45, 7) is 1.75. The molecular weight excluding hydrogens is 224 g/mol. The highest BCUT2D eigenvalue weighted by molar-refractivity contribution is 5.99. The van der Waals surface area contributed by atoms with Gasteiger partial charge in [0.15, 0.2) is 11.6 Å². The zero-order valence-corrected chi connectivity index (χ0v) is 9.25. The summed E-state index contributed by atoms with van der Waals surface area (Å²) in [7, 11) is 0. The van der Waals surface area contributed by atoms with Gasteiger partial charge >= 0.3 is 0 Å². The first-order valence-corrected chi connectivity index (χ1v) is 5.09. The number of nitrogens with two attached hydrogens (primary N) is 2. The fraction of sp³-hybridized carbons (Fsp3) is 0.444. The highest BCUT2D eigenvalue weighted by Gasteiger charge is 2.24. The van der Waals surface area contributed by atoms with E-state index in [2.05, 4.69) is 20.3 Å². The lowest BCUT2D eigenvalue weighted by Gasteiger charge is -2.22. The maximum atomic E-state index is 9.70. The number of rotatable bonds is 2. The third kappa shape index (κ3) is 2.12. The second-order valence-corrected chi connectivity index (χ2v) is 3.81. The zero-order chi connectivity index (χ0) is 12.6. The molecule has 17 heavy (non-hydrogen) atoms. The summed E-state index contributed by atoms with van der Waals surface area (Å²) in [5.74, 6) is 0.620. The van der Waals surface area contributed by atoms with Gasteiger partial charge in [-0.1, -0.05) is 0 Å². The Balaban J connectivity index is 2.41. The molecule has 1 aliphatic rings. The standard InChI is InChI=1S/C9H14N6O2/c1-3(16)6(17)4-2-12-8-5(13-4)7(10)14-9(11)15-8/h3,6,16-17H,2H2,1H3,(H5,10,11,12,14,15)/t3-,6-/m0/s1. The maximum Gasteiger partial charge on any atom is 0.224 e. The monoisotopic (exact) mass is 238 g/mol. The average Bonchev–Trinajstić information content (AvgIpc) is 2.27. The molecule has 1 aromatic rings. The Bertz CT molecular complexity index is 473. The van der Waals surface area contributed by atoms with Gasteiger partial charge in [0.25, 0.3) is 0 Å². The van der Waals surface area contributed by atoms with Gasteiger partial charge in [-0.25, -0.2) is 4.99 Å². The molecule has 1 aliphatic heterocycles. The molecule has 7 N–H and O–H groups in total. The Morgan fingerprint density at radius 1 is 1.29 bits per heavy atom. The minimum absolute atomic E-state index is 0.0588. The molecule has 0 unspecified atom stereocenters. The number of aliphatic imine (C=N–C) groups is 1. The molecule has 2 atom stereocenters. The second kappa shape index (κ2) is 4.15. The predicted molar refractivity (Wildman–Crippen MR) is 64.1 cm³/mol. The molecular formula is C9H14N6O2. The molecule has 0 fully saturated rings. The minimum atomic E-state index is -1.05. The molecule has 1 aromatic heterocycles. The van der Waals surface area contributed by atoms with E-state index in [0.29, 0.717) is 17.2 Å². The molecule has 92 valence electrons. The molecule has 0 amide bonds. The van der Waals surface area contributed by atoms with Crippen LogP contribution in [0.25, 0.3) is 0 Å². The van der Waals surface area contributed by atoms with E-state index in [1.54, 1.807) is 0 Å². The van der Waals surface area contributed by atoms with E-state index in [4.69, 9.17) is 11.5 Å². The van der Waals surface area contributed by atoms with Gasteiger partial charge < -0.3 is 27.0 Å². The molecule has 2 rings (SSSR count). The minimum Gasteiger partial charge on any atom is -0.390 e. The van der Waals surface area contributed by atoms with E-state index in [0.717, 1.165) is 0 Å². The van der Waals surface area contributed by atoms with Crippen molar-refractivity contribution in [3.63, 3.8) is 0 Å². The summed E-state index contributed by atoms with van der Waals surface area (Å²) < 4.78 is 0. The van der Waals surface area contributed by atoms with Gasteiger partial charge in [-0.3, -0.25) is 0 Å². The summed E-state index contributed by atoms with van der Waals surface area (Å²) in [4.78, 5) is 11.9. The van der Waals surface area contributed by atoms with Crippen molar-refractivity contribution in [2.75, 3.05) is 23.3 Å². The topological polar surface area (TPSA) is 143 Å². The van der Waals surface area contributed by atoms with Gasteiger partial charge in [-0.15, -0.1) is 0 Å². The zero-order valence-electron chi connectivity index (χ0n) is 9.25. The van der Waals surface area contributed by atoms with Crippen molar-refractivity contribution < 1.29 is 10.2 Å². The summed E-state index contributed by atoms with van der Waals surface area (Å²) in [6.07, 6.45) is -1.96. The van der Waals surface area contributed by atoms with Crippen molar-refractivity contribution in [3.05, 3.63) is 0 Å². The Labute approximate surface area is 97.4 Å². The summed E-state index contributed by atoms with van der Waals surface area (Å²) in [5.41, 5.74) is 11.8. The highest BCUT2D eigenvalue weighted by atomic mass is 16.3. The van der Waals surface area contributed by atoms with Crippen LogP contribution in [0.2, 0.25) is 0 Å². The highest BCUT2D eigenvalue weighted by Crippen LogP contribution is 2.32. The van der Waals surface area contributed by atoms with Gasteiger partial charge in [0.05, 0.1) is 18.4 Å². The van der Waals surface area contributed by atoms with E-state index in [9.17, 15) is 10.2 Å². The lowest BCUT2D eigenvalue weighted by Crippen LogP contribution is -2.37. The number of anilines is 3. The number of hydrogen-bond acceptors (Lipinski definition) is 8. The number of hydrogen-bond donors (Lipinski definition) is 5. The van der Waals surface area contributed by atoms with Gasteiger partial charge in [-0.05, 0) is 6.92 Å². The van der Waals surface area contributed by atoms with Crippen LogP contribution >= 0.6 is 0 Å². The summed E-state index contributed by atoms with van der Waals surface area (Å²) in [6, 6.07) is 0. The number of aliphatic hydroxyl groups is 2. The van der Waals surface area contributed by atoms with Crippen molar-refractivity contribution in [2.24, 2.45) is 4.99 Å². The van der Waals surface area contributed by atoms with Crippen LogP contribution in [0.3, 0.4) is 0 Å². The molecule has 0 saturated heterocycles. The maximum absolute atomic E-state index is 9.70. The Morgan fingerprint density at radius 3 is 2.65 bits per heavy atom. The predicted octanol–water partition coefficient (Wildman–Crippen LogP) is -1.12. The Morgan fingerprint density at radius 2 is 2.00 bits per heavy atom. The fourth-order valence-electron chi connectivity index (χ4n) is 1.53. The second-order valence-electron chi connectivity index (χ2n) is 3.81. The SMILES string of the molecule is C[C@H](O)[C@H](O)C1=Nc2c(N)nc(N)nc2NC1. The van der Waals surface area contributed by atoms with Crippen LogP contribution < -0.4 is 16.8 Å². The number of fused-ring (bicyclic) bond motifs is 1. The third-order valence-corrected chi connectivity index (χ3v) is 2.42. The number of aliphatic hydroxyl groups excluding tert-OH is 2. The van der Waals surface area contributed by atoms with Gasteiger partial charge in [0.1, 0.15) is 11.8 Å². The molecule has 8 nitrogen and oxygen atoms in total. The van der Waals surface area contributed by atoms with Crippen LogP contribution in [0, 0.1) is 0 Å². The third-order valence-electron chi connectivity index (χ3n) is 2.42. The van der Waals surface area contributed by atoms with Crippen LogP contribution in [-0.4, -0.2) is 44.6 Å². The number of nitrogens with zero attached hydrogens (tertiary/aromatic N) is 3. The molecule has 0 aromatic carbocycles. The Kier molecular flexibility index (Phi) is 2.82. The van der Waals surface area contributed by atoms with Crippen LogP contribution in [-0.2, 0) is 0 Å². The fourth-order valence-corrected chi connectivity index (χ4v) is 1.53. The lowest BCUT2D eigenvalue weighted by molar-refractivity contribution is 0.0731. The summed E-state index contributed by atoms with van der Waals surface area (Å²) >= 11 is 0. The van der Waals surface area contributed by atoms with Crippen molar-refractivity contribution in [1.29, 1.82) is 0 Å². The van der Waals surface area contributed by atoms with Crippen molar-refractivity contribution in [1.82, 2.24) is 9.97 Å². The first-order valence-electron chi connectivity index (χ1n) is 5.09. The summed E-state index contributed by atoms with van der Waals surface area (Å²) in [5, 5.41) is 21.9. The van der Waals surface area contributed by atoms with Crippen LogP contribution in [0.15, 0.2) is 4.99 Å². The number of nitrogen functional groups attached to an aromatic ring is 2. The average molecular weight is 238 g/mol. The van der Waals surface area contributed by atoms with E-state index >= 15 is 0 Å². The number of aromatic nitrogens is 2. The van der Waals surface area contributed by atoms with E-state index in [1.165, 1.54) is 6.92 Å². The normalized spacial score (nSPS) is 17.7. The molecule has 0 aliphatic carbocycles. The van der Waals surface area contributed by atoms with Gasteiger partial charge in [0, 0.05) is 0 Å². The molecule has 0 saturated carbocycles. The van der Waals surface area contributed by atoms with Crippen LogP contribution in [0.1, 0.15) is 6.92 Å². The van der Waals surface area contributed by atoms with E-state index < -0.39 is 12.2 Å². The number of nitrogens with one attached hydrogen (secondary N) is 1. The molecule has 0 spiro atoms. The van der Waals surface area contributed by atoms with Gasteiger partial charge in [0.2, 0.25) is 5.95 Å². The quantitative estimate of drug-likeness (QED) is 0.439. The molecule has 0 bridgehead atoms. The van der Waals surface area contributed by atoms with Gasteiger partial charge in [-0.2, -0.15) is 9.97 Å². The lowest BCUT2D eigenvalue weighted by atomic mass is 10.1. The first kappa shape index (κ1) is 11.6. The van der Waals surface area contributed by atoms with Crippen molar-refractivity contribution >= 4 is 29.0 Å². The largest absolute Gasteiger partial charge is 0.390 e. The molecule has 8 heteroatoms. The van der Waals surface area contributed by atoms with Crippen molar-refractivity contribution in [2.45, 2.75) is 19.1 Å². The van der Waals surface area contributed by atoms with Crippen LogP contribution in [0.4, 0.5) is 23.3 Å². The first-order chi connectivity index (χ1) is 7.99. The molecule has 2 heterocycles. The smallest absolute Gasteiger partial charge is 0.224 e. The molecule has 0 radical (unpaired) electrons. The van der Waals surface area contributed by atoms with Crippen molar-refractivity contribution in [3.8, 4) is 0 Å². The van der Waals surface area contributed by atoms with E-state index in [1.807, 2.05) is 0 Å².